The monoisotopic (exact) mass is 294 g/mol. The predicted molar refractivity (Wildman–Crippen MR) is 83.9 cm³/mol. The molecule has 0 saturated carbocycles. The summed E-state index contributed by atoms with van der Waals surface area (Å²) in [5.41, 5.74) is 2.86. The molecule has 0 atom stereocenters. The van der Waals surface area contributed by atoms with Crippen LogP contribution in [0.4, 0.5) is 5.69 Å². The lowest BCUT2D eigenvalue weighted by atomic mass is 10.1. The molecule has 0 aliphatic heterocycles. The van der Waals surface area contributed by atoms with Gasteiger partial charge in [0.25, 0.3) is 5.69 Å². The number of fused-ring (bicyclic) bond motifs is 1. The number of rotatable bonds is 4. The zero-order valence-electron chi connectivity index (χ0n) is 12.0. The van der Waals surface area contributed by atoms with E-state index in [1.54, 1.807) is 12.1 Å². The molecule has 110 valence electrons. The molecule has 1 aromatic heterocycles. The fourth-order valence-electron chi connectivity index (χ4n) is 2.36. The van der Waals surface area contributed by atoms with Crippen molar-refractivity contribution >= 4 is 16.6 Å². The van der Waals surface area contributed by atoms with Crippen molar-refractivity contribution in [2.75, 3.05) is 0 Å². The molecule has 0 spiro atoms. The zero-order valence-corrected chi connectivity index (χ0v) is 12.0. The molecular weight excluding hydrogens is 280 g/mol. The Morgan fingerprint density at radius 1 is 1.14 bits per heavy atom. The second-order valence-corrected chi connectivity index (χ2v) is 4.98. The van der Waals surface area contributed by atoms with E-state index >= 15 is 0 Å². The third-order valence-electron chi connectivity index (χ3n) is 3.35. The number of pyridine rings is 1. The van der Waals surface area contributed by atoms with Gasteiger partial charge in [0.2, 0.25) is 0 Å². The summed E-state index contributed by atoms with van der Waals surface area (Å²) in [4.78, 5) is 14.8. The number of benzene rings is 2. The number of aromatic nitrogens is 1. The van der Waals surface area contributed by atoms with Crippen LogP contribution in [0.5, 0.6) is 5.75 Å². The van der Waals surface area contributed by atoms with Crippen LogP contribution in [0.1, 0.15) is 11.3 Å². The number of nitro benzene ring substituents is 1. The maximum atomic E-state index is 10.8. The van der Waals surface area contributed by atoms with Gasteiger partial charge in [-0.3, -0.25) is 15.1 Å². The van der Waals surface area contributed by atoms with Crippen molar-refractivity contribution in [2.45, 2.75) is 13.5 Å². The van der Waals surface area contributed by atoms with Crippen LogP contribution in [0.15, 0.2) is 54.6 Å². The molecule has 0 bridgehead atoms. The van der Waals surface area contributed by atoms with Crippen molar-refractivity contribution in [3.05, 3.63) is 76.0 Å². The van der Waals surface area contributed by atoms with E-state index in [1.165, 1.54) is 12.1 Å². The average molecular weight is 294 g/mol. The van der Waals surface area contributed by atoms with Gasteiger partial charge in [-0.15, -0.1) is 0 Å². The predicted octanol–water partition coefficient (Wildman–Crippen LogP) is 4.03. The third kappa shape index (κ3) is 2.88. The van der Waals surface area contributed by atoms with E-state index in [0.29, 0.717) is 12.4 Å². The molecule has 0 aliphatic carbocycles. The van der Waals surface area contributed by atoms with E-state index in [0.717, 1.165) is 22.2 Å². The van der Waals surface area contributed by atoms with E-state index in [-0.39, 0.29) is 5.69 Å². The lowest BCUT2D eigenvalue weighted by Crippen LogP contribution is -1.99. The second kappa shape index (κ2) is 5.81. The quantitative estimate of drug-likeness (QED) is 0.538. The Hall–Kier alpha value is -2.95. The summed E-state index contributed by atoms with van der Waals surface area (Å²) in [5, 5.41) is 11.8. The highest BCUT2D eigenvalue weighted by Crippen LogP contribution is 2.23. The number of hydrogen-bond acceptors (Lipinski definition) is 4. The molecule has 0 aliphatic rings. The molecule has 0 radical (unpaired) electrons. The van der Waals surface area contributed by atoms with Crippen LogP contribution in [0.3, 0.4) is 0 Å². The maximum absolute atomic E-state index is 10.8. The minimum Gasteiger partial charge on any atom is -0.489 e. The normalized spacial score (nSPS) is 10.6. The highest BCUT2D eigenvalue weighted by atomic mass is 16.6. The minimum absolute atomic E-state index is 0.0215. The van der Waals surface area contributed by atoms with E-state index in [1.807, 2.05) is 37.3 Å². The van der Waals surface area contributed by atoms with Gasteiger partial charge >= 0.3 is 0 Å². The standard InChI is InChI=1S/C17H14N2O3/c1-12-9-13(16-7-2-3-8-17(16)18-12)11-22-15-6-4-5-14(10-15)19(20)21/h2-10H,11H2,1H3. The number of para-hydroxylation sites is 1. The summed E-state index contributed by atoms with van der Waals surface area (Å²) in [6.07, 6.45) is 0. The van der Waals surface area contributed by atoms with Crippen molar-refractivity contribution in [2.24, 2.45) is 0 Å². The Morgan fingerprint density at radius 3 is 2.77 bits per heavy atom. The number of hydrogen-bond donors (Lipinski definition) is 0. The average Bonchev–Trinajstić information content (AvgIpc) is 2.52. The second-order valence-electron chi connectivity index (χ2n) is 4.98. The Balaban J connectivity index is 1.88. The Morgan fingerprint density at radius 2 is 1.95 bits per heavy atom. The lowest BCUT2D eigenvalue weighted by Gasteiger charge is -2.10. The highest BCUT2D eigenvalue weighted by molar-refractivity contribution is 5.82. The summed E-state index contributed by atoms with van der Waals surface area (Å²) < 4.78 is 5.71. The van der Waals surface area contributed by atoms with Crippen molar-refractivity contribution in [1.29, 1.82) is 0 Å². The van der Waals surface area contributed by atoms with Gasteiger partial charge < -0.3 is 4.74 Å². The first-order chi connectivity index (χ1) is 10.6. The molecule has 22 heavy (non-hydrogen) atoms. The Labute approximate surface area is 127 Å². The van der Waals surface area contributed by atoms with Crippen LogP contribution in [0, 0.1) is 17.0 Å². The maximum Gasteiger partial charge on any atom is 0.273 e. The van der Waals surface area contributed by atoms with Gasteiger partial charge in [-0.2, -0.15) is 0 Å². The SMILES string of the molecule is Cc1cc(COc2cccc([N+](=O)[O-])c2)c2ccccc2n1. The van der Waals surface area contributed by atoms with Crippen LogP contribution in [0.25, 0.3) is 10.9 Å². The van der Waals surface area contributed by atoms with Crippen LogP contribution < -0.4 is 4.74 Å². The first-order valence-corrected chi connectivity index (χ1v) is 6.86. The molecule has 5 nitrogen and oxygen atoms in total. The Kier molecular flexibility index (Phi) is 3.70. The molecule has 0 unspecified atom stereocenters. The topological polar surface area (TPSA) is 65.3 Å². The largest absolute Gasteiger partial charge is 0.489 e. The van der Waals surface area contributed by atoms with Gasteiger partial charge in [0.05, 0.1) is 16.5 Å². The summed E-state index contributed by atoms with van der Waals surface area (Å²) in [7, 11) is 0. The number of non-ortho nitro benzene ring substituents is 1. The summed E-state index contributed by atoms with van der Waals surface area (Å²) >= 11 is 0. The van der Waals surface area contributed by atoms with Gasteiger partial charge in [-0.25, -0.2) is 0 Å². The van der Waals surface area contributed by atoms with E-state index in [4.69, 9.17) is 4.74 Å². The summed E-state index contributed by atoms with van der Waals surface area (Å²) in [6, 6.07) is 16.0. The molecule has 2 aromatic carbocycles. The molecule has 1 heterocycles. The number of nitro groups is 1. The van der Waals surface area contributed by atoms with Crippen molar-refractivity contribution < 1.29 is 9.66 Å². The summed E-state index contributed by atoms with van der Waals surface area (Å²) in [5.74, 6) is 0.479. The number of ether oxygens (including phenoxy) is 1. The minimum atomic E-state index is -0.432. The van der Waals surface area contributed by atoms with Crippen LogP contribution in [-0.2, 0) is 6.61 Å². The van der Waals surface area contributed by atoms with Crippen molar-refractivity contribution in [3.8, 4) is 5.75 Å². The van der Waals surface area contributed by atoms with Gasteiger partial charge in [0.1, 0.15) is 12.4 Å². The van der Waals surface area contributed by atoms with E-state index in [9.17, 15) is 10.1 Å². The molecule has 0 amide bonds. The number of nitrogens with zero attached hydrogens (tertiary/aromatic N) is 2. The molecule has 3 rings (SSSR count). The van der Waals surface area contributed by atoms with Crippen molar-refractivity contribution in [3.63, 3.8) is 0 Å². The highest BCUT2D eigenvalue weighted by Gasteiger charge is 2.08. The summed E-state index contributed by atoms with van der Waals surface area (Å²) in [6.45, 7) is 2.27. The first kappa shape index (κ1) is 14.0. The molecule has 5 heteroatoms. The number of aryl methyl sites for hydroxylation is 1. The molecular formula is C17H14N2O3. The third-order valence-corrected chi connectivity index (χ3v) is 3.35. The zero-order chi connectivity index (χ0) is 15.5. The molecule has 3 aromatic rings. The fourth-order valence-corrected chi connectivity index (χ4v) is 2.36. The smallest absolute Gasteiger partial charge is 0.273 e. The van der Waals surface area contributed by atoms with Gasteiger partial charge in [0, 0.05) is 22.7 Å². The molecule has 0 saturated heterocycles. The van der Waals surface area contributed by atoms with Gasteiger partial charge in [0.15, 0.2) is 0 Å². The van der Waals surface area contributed by atoms with Crippen molar-refractivity contribution in [1.82, 2.24) is 4.98 Å². The Bertz CT molecular complexity index is 846. The van der Waals surface area contributed by atoms with Crippen LogP contribution in [0.2, 0.25) is 0 Å². The lowest BCUT2D eigenvalue weighted by molar-refractivity contribution is -0.384. The van der Waals surface area contributed by atoms with E-state index < -0.39 is 4.92 Å². The van der Waals surface area contributed by atoms with E-state index in [2.05, 4.69) is 4.98 Å². The molecule has 0 N–H and O–H groups in total. The molecule has 0 fully saturated rings. The van der Waals surface area contributed by atoms with Crippen LogP contribution in [-0.4, -0.2) is 9.91 Å². The first-order valence-electron chi connectivity index (χ1n) is 6.86. The van der Waals surface area contributed by atoms with Gasteiger partial charge in [-0.05, 0) is 25.1 Å². The van der Waals surface area contributed by atoms with Gasteiger partial charge in [-0.1, -0.05) is 24.3 Å². The fraction of sp³-hybridized carbons (Fsp3) is 0.118. The van der Waals surface area contributed by atoms with Crippen LogP contribution >= 0.6 is 0 Å².